The molecule has 0 radical (unpaired) electrons. The largest absolute Gasteiger partial charge is 0.483 e. The summed E-state index contributed by atoms with van der Waals surface area (Å²) >= 11 is 3.41. The Morgan fingerprint density at radius 1 is 0.969 bits per heavy atom. The minimum atomic E-state index is -0.313. The van der Waals surface area contributed by atoms with E-state index in [9.17, 15) is 9.59 Å². The van der Waals surface area contributed by atoms with Crippen molar-refractivity contribution < 1.29 is 14.3 Å². The maximum Gasteiger partial charge on any atom is 0.271 e. The fourth-order valence-corrected chi connectivity index (χ4v) is 3.34. The number of carbonyl (C=O) groups is 2. The molecule has 6 nitrogen and oxygen atoms in total. The molecular formula is C25H24BrN3O3. The van der Waals surface area contributed by atoms with Crippen LogP contribution < -0.4 is 15.5 Å². The minimum Gasteiger partial charge on any atom is -0.483 e. The van der Waals surface area contributed by atoms with Crippen LogP contribution in [0.5, 0.6) is 5.75 Å². The summed E-state index contributed by atoms with van der Waals surface area (Å²) in [5.74, 6) is -0.112. The smallest absolute Gasteiger partial charge is 0.271 e. The van der Waals surface area contributed by atoms with E-state index in [-0.39, 0.29) is 18.4 Å². The van der Waals surface area contributed by atoms with Gasteiger partial charge in [0.25, 0.3) is 11.8 Å². The molecule has 3 rings (SSSR count). The Kier molecular flexibility index (Phi) is 7.78. The summed E-state index contributed by atoms with van der Waals surface area (Å²) in [6.07, 6.45) is 1.48. The third-order valence-corrected chi connectivity index (χ3v) is 5.16. The summed E-state index contributed by atoms with van der Waals surface area (Å²) in [6, 6.07) is 18.4. The SMILES string of the molecule is Cc1ccc(C(=O)N/N=C/c2cc(Br)ccc2OCC(=O)Nc2ccc(C)cc2C)cc1. The molecule has 0 unspecified atom stereocenters. The third-order valence-electron chi connectivity index (χ3n) is 4.67. The van der Waals surface area contributed by atoms with Crippen LogP contribution in [0.15, 0.2) is 70.2 Å². The Bertz CT molecular complexity index is 1160. The van der Waals surface area contributed by atoms with Gasteiger partial charge in [0.15, 0.2) is 6.61 Å². The van der Waals surface area contributed by atoms with Crippen molar-refractivity contribution in [2.75, 3.05) is 11.9 Å². The molecule has 2 amide bonds. The van der Waals surface area contributed by atoms with Crippen molar-refractivity contribution in [1.29, 1.82) is 0 Å². The average molecular weight is 494 g/mol. The maximum atomic E-state index is 12.3. The van der Waals surface area contributed by atoms with Crippen molar-refractivity contribution >= 4 is 39.6 Å². The lowest BCUT2D eigenvalue weighted by Crippen LogP contribution is -2.21. The Morgan fingerprint density at radius 3 is 2.41 bits per heavy atom. The number of anilines is 1. The lowest BCUT2D eigenvalue weighted by Gasteiger charge is -2.12. The molecule has 0 saturated carbocycles. The van der Waals surface area contributed by atoms with E-state index in [1.165, 1.54) is 6.21 Å². The minimum absolute atomic E-state index is 0.161. The number of carbonyl (C=O) groups excluding carboxylic acids is 2. The Balaban J connectivity index is 1.62. The average Bonchev–Trinajstić information content (AvgIpc) is 2.75. The van der Waals surface area contributed by atoms with Gasteiger partial charge in [-0.15, -0.1) is 0 Å². The van der Waals surface area contributed by atoms with Gasteiger partial charge in [0.05, 0.1) is 6.21 Å². The number of hydrazone groups is 1. The molecule has 164 valence electrons. The highest BCUT2D eigenvalue weighted by Crippen LogP contribution is 2.22. The van der Waals surface area contributed by atoms with Crippen molar-refractivity contribution in [3.63, 3.8) is 0 Å². The monoisotopic (exact) mass is 493 g/mol. The molecular weight excluding hydrogens is 470 g/mol. The zero-order valence-electron chi connectivity index (χ0n) is 18.1. The van der Waals surface area contributed by atoms with E-state index in [4.69, 9.17) is 4.74 Å². The van der Waals surface area contributed by atoms with E-state index >= 15 is 0 Å². The molecule has 0 bridgehead atoms. The maximum absolute atomic E-state index is 12.3. The molecule has 0 aromatic heterocycles. The van der Waals surface area contributed by atoms with Gasteiger partial charge < -0.3 is 10.1 Å². The third kappa shape index (κ3) is 6.52. The molecule has 32 heavy (non-hydrogen) atoms. The summed E-state index contributed by atoms with van der Waals surface area (Å²) in [5, 5.41) is 6.89. The Labute approximate surface area is 195 Å². The second-order valence-corrected chi connectivity index (χ2v) is 8.32. The quantitative estimate of drug-likeness (QED) is 0.352. The van der Waals surface area contributed by atoms with Gasteiger partial charge in [-0.2, -0.15) is 5.10 Å². The van der Waals surface area contributed by atoms with Crippen molar-refractivity contribution in [2.45, 2.75) is 20.8 Å². The summed E-state index contributed by atoms with van der Waals surface area (Å²) in [7, 11) is 0. The van der Waals surface area contributed by atoms with E-state index in [1.807, 2.05) is 51.1 Å². The topological polar surface area (TPSA) is 79.8 Å². The van der Waals surface area contributed by atoms with E-state index in [1.54, 1.807) is 30.3 Å². The van der Waals surface area contributed by atoms with Crippen LogP contribution in [0.3, 0.4) is 0 Å². The molecule has 0 aliphatic carbocycles. The second kappa shape index (κ2) is 10.7. The van der Waals surface area contributed by atoms with Crippen LogP contribution >= 0.6 is 15.9 Å². The Morgan fingerprint density at radius 2 is 1.69 bits per heavy atom. The van der Waals surface area contributed by atoms with Gasteiger partial charge in [-0.25, -0.2) is 5.43 Å². The van der Waals surface area contributed by atoms with Crippen LogP contribution in [0.4, 0.5) is 5.69 Å². The molecule has 0 fully saturated rings. The van der Waals surface area contributed by atoms with Crippen LogP contribution in [0.1, 0.15) is 32.6 Å². The fraction of sp³-hybridized carbons (Fsp3) is 0.160. The molecule has 3 aromatic carbocycles. The molecule has 7 heteroatoms. The lowest BCUT2D eigenvalue weighted by atomic mass is 10.1. The van der Waals surface area contributed by atoms with E-state index in [0.717, 1.165) is 26.9 Å². The fourth-order valence-electron chi connectivity index (χ4n) is 2.97. The summed E-state index contributed by atoms with van der Waals surface area (Å²) in [5.41, 5.74) is 7.57. The highest BCUT2D eigenvalue weighted by molar-refractivity contribution is 9.10. The van der Waals surface area contributed by atoms with Crippen molar-refractivity contribution in [1.82, 2.24) is 5.43 Å². The van der Waals surface area contributed by atoms with Crippen LogP contribution in [0, 0.1) is 20.8 Å². The predicted molar refractivity (Wildman–Crippen MR) is 130 cm³/mol. The van der Waals surface area contributed by atoms with Gasteiger partial charge in [-0.3, -0.25) is 9.59 Å². The standard InChI is InChI=1S/C25H24BrN3O3/c1-16-4-7-19(8-5-16)25(31)29-27-14-20-13-21(26)9-11-23(20)32-15-24(30)28-22-10-6-17(2)12-18(22)3/h4-14H,15H2,1-3H3,(H,28,30)(H,29,31)/b27-14+. The first-order valence-corrected chi connectivity index (χ1v) is 10.8. The number of benzene rings is 3. The van der Waals surface area contributed by atoms with Crippen molar-refractivity contribution in [3.8, 4) is 5.75 Å². The van der Waals surface area contributed by atoms with Crippen molar-refractivity contribution in [2.24, 2.45) is 5.10 Å². The molecule has 0 atom stereocenters. The highest BCUT2D eigenvalue weighted by atomic mass is 79.9. The van der Waals surface area contributed by atoms with Gasteiger partial charge in [-0.1, -0.05) is 51.3 Å². The lowest BCUT2D eigenvalue weighted by molar-refractivity contribution is -0.118. The van der Waals surface area contributed by atoms with E-state index in [2.05, 4.69) is 31.8 Å². The Hall–Kier alpha value is -3.45. The number of hydrogen-bond acceptors (Lipinski definition) is 4. The summed E-state index contributed by atoms with van der Waals surface area (Å²) in [4.78, 5) is 24.6. The summed E-state index contributed by atoms with van der Waals surface area (Å²) < 4.78 is 6.52. The van der Waals surface area contributed by atoms with Gasteiger partial charge in [-0.05, 0) is 62.7 Å². The van der Waals surface area contributed by atoms with Crippen LogP contribution in [-0.2, 0) is 4.79 Å². The molecule has 0 aliphatic rings. The molecule has 2 N–H and O–H groups in total. The number of nitrogens with one attached hydrogen (secondary N) is 2. The van der Waals surface area contributed by atoms with Gasteiger partial charge >= 0.3 is 0 Å². The number of amides is 2. The number of hydrogen-bond donors (Lipinski definition) is 2. The van der Waals surface area contributed by atoms with Crippen LogP contribution in [-0.4, -0.2) is 24.6 Å². The zero-order chi connectivity index (χ0) is 23.1. The first kappa shape index (κ1) is 23.2. The number of nitrogens with zero attached hydrogens (tertiary/aromatic N) is 1. The molecule has 3 aromatic rings. The number of aryl methyl sites for hydroxylation is 3. The van der Waals surface area contributed by atoms with Gasteiger partial charge in [0, 0.05) is 21.3 Å². The number of ether oxygens (including phenoxy) is 1. The number of rotatable bonds is 7. The van der Waals surface area contributed by atoms with Gasteiger partial charge in [0.1, 0.15) is 5.75 Å². The normalized spacial score (nSPS) is 10.8. The second-order valence-electron chi connectivity index (χ2n) is 7.40. The van der Waals surface area contributed by atoms with Crippen molar-refractivity contribution in [3.05, 3.63) is 93.0 Å². The molecule has 0 aliphatic heterocycles. The first-order valence-electron chi connectivity index (χ1n) is 10.0. The summed E-state index contributed by atoms with van der Waals surface area (Å²) in [6.45, 7) is 5.74. The molecule has 0 saturated heterocycles. The zero-order valence-corrected chi connectivity index (χ0v) is 19.7. The van der Waals surface area contributed by atoms with Crippen LogP contribution in [0.2, 0.25) is 0 Å². The van der Waals surface area contributed by atoms with E-state index in [0.29, 0.717) is 16.9 Å². The van der Waals surface area contributed by atoms with E-state index < -0.39 is 0 Å². The van der Waals surface area contributed by atoms with Crippen LogP contribution in [0.25, 0.3) is 0 Å². The first-order chi connectivity index (χ1) is 15.3. The predicted octanol–water partition coefficient (Wildman–Crippen LogP) is 5.16. The highest BCUT2D eigenvalue weighted by Gasteiger charge is 2.09. The molecule has 0 heterocycles. The van der Waals surface area contributed by atoms with Gasteiger partial charge in [0.2, 0.25) is 0 Å². The number of halogens is 1. The molecule has 0 spiro atoms.